The number of alkyl halides is 3. The molecule has 7 nitrogen and oxygen atoms in total. The fraction of sp³-hybridized carbons (Fsp3) is 0.412. The molecule has 1 amide bonds. The number of nitrogens with one attached hydrogen (secondary N) is 2. The zero-order chi connectivity index (χ0) is 19.6. The van der Waals surface area contributed by atoms with E-state index in [0.717, 1.165) is 18.4 Å². The normalized spacial score (nSPS) is 17.0. The van der Waals surface area contributed by atoms with Crippen LogP contribution < -0.4 is 10.6 Å². The zero-order valence-electron chi connectivity index (χ0n) is 14.8. The Morgan fingerprint density at radius 3 is 2.89 bits per heavy atom. The van der Waals surface area contributed by atoms with Gasteiger partial charge in [0, 0.05) is 31.5 Å². The standard InChI is InChI=1S/C17H19F3N6O/c1-10(16(27)26(2)9-17(18,19)20)24-13-5-7-22-15(25-13)12-8-23-14-11(12)4-3-6-21-14/h3-7,10,12H,8-9H2,1-2H3,(H,21,23)(H,22,24,25)/t10-,12?/m1/s1. The van der Waals surface area contributed by atoms with Crippen LogP contribution in [0.25, 0.3) is 0 Å². The molecule has 1 unspecified atom stereocenters. The van der Waals surface area contributed by atoms with Crippen LogP contribution in [0.5, 0.6) is 0 Å². The Labute approximate surface area is 154 Å². The lowest BCUT2D eigenvalue weighted by Crippen LogP contribution is -2.43. The molecule has 3 rings (SSSR count). The Bertz CT molecular complexity index is 828. The highest BCUT2D eigenvalue weighted by atomic mass is 19.4. The summed E-state index contributed by atoms with van der Waals surface area (Å²) in [4.78, 5) is 25.7. The topological polar surface area (TPSA) is 83.0 Å². The number of amides is 1. The summed E-state index contributed by atoms with van der Waals surface area (Å²) in [7, 11) is 1.12. The third-order valence-electron chi connectivity index (χ3n) is 4.20. The van der Waals surface area contributed by atoms with Gasteiger partial charge in [-0.3, -0.25) is 4.79 Å². The summed E-state index contributed by atoms with van der Waals surface area (Å²) < 4.78 is 37.4. The summed E-state index contributed by atoms with van der Waals surface area (Å²) >= 11 is 0. The molecule has 1 aliphatic rings. The van der Waals surface area contributed by atoms with E-state index < -0.39 is 24.7 Å². The third-order valence-corrected chi connectivity index (χ3v) is 4.20. The number of halogens is 3. The molecule has 0 fully saturated rings. The molecule has 2 aromatic rings. The molecule has 0 saturated heterocycles. The Hall–Kier alpha value is -2.91. The van der Waals surface area contributed by atoms with Crippen molar-refractivity contribution in [1.29, 1.82) is 0 Å². The largest absolute Gasteiger partial charge is 0.406 e. The molecule has 3 heterocycles. The molecular formula is C17H19F3N6O. The molecule has 0 saturated carbocycles. The highest BCUT2D eigenvalue weighted by Gasteiger charge is 2.33. The van der Waals surface area contributed by atoms with Crippen molar-refractivity contribution >= 4 is 17.5 Å². The number of pyridine rings is 1. The van der Waals surface area contributed by atoms with Crippen molar-refractivity contribution in [3.63, 3.8) is 0 Å². The number of hydrogen-bond donors (Lipinski definition) is 2. The minimum atomic E-state index is -4.44. The van der Waals surface area contributed by atoms with Crippen LogP contribution in [0, 0.1) is 0 Å². The van der Waals surface area contributed by atoms with E-state index in [0.29, 0.717) is 23.1 Å². The van der Waals surface area contributed by atoms with Crippen molar-refractivity contribution in [1.82, 2.24) is 19.9 Å². The molecule has 0 aromatic carbocycles. The van der Waals surface area contributed by atoms with E-state index >= 15 is 0 Å². The van der Waals surface area contributed by atoms with E-state index in [9.17, 15) is 18.0 Å². The van der Waals surface area contributed by atoms with Crippen LogP contribution in [0.4, 0.5) is 24.8 Å². The molecule has 0 radical (unpaired) electrons. The Kier molecular flexibility index (Phi) is 5.15. The van der Waals surface area contributed by atoms with E-state index in [1.807, 2.05) is 12.1 Å². The molecule has 2 atom stereocenters. The first-order chi connectivity index (χ1) is 12.7. The van der Waals surface area contributed by atoms with Crippen LogP contribution >= 0.6 is 0 Å². The number of likely N-dealkylation sites (N-methyl/N-ethyl adjacent to an activating group) is 1. The van der Waals surface area contributed by atoms with E-state index in [2.05, 4.69) is 25.6 Å². The van der Waals surface area contributed by atoms with Crippen molar-refractivity contribution in [3.05, 3.63) is 42.0 Å². The first kappa shape index (κ1) is 18.9. The maximum atomic E-state index is 12.5. The predicted octanol–water partition coefficient (Wildman–Crippen LogP) is 2.25. The second-order valence-corrected chi connectivity index (χ2v) is 6.35. The van der Waals surface area contributed by atoms with Gasteiger partial charge < -0.3 is 15.5 Å². The monoisotopic (exact) mass is 380 g/mol. The van der Waals surface area contributed by atoms with E-state index in [1.54, 1.807) is 18.5 Å². The highest BCUT2D eigenvalue weighted by molar-refractivity contribution is 5.83. The van der Waals surface area contributed by atoms with Gasteiger partial charge in [-0.1, -0.05) is 6.07 Å². The second kappa shape index (κ2) is 7.37. The summed E-state index contributed by atoms with van der Waals surface area (Å²) in [5, 5.41) is 6.04. The maximum Gasteiger partial charge on any atom is 0.406 e. The highest BCUT2D eigenvalue weighted by Crippen LogP contribution is 2.32. The van der Waals surface area contributed by atoms with Crippen LogP contribution in [0.3, 0.4) is 0 Å². The van der Waals surface area contributed by atoms with Crippen LogP contribution in [0.1, 0.15) is 24.2 Å². The van der Waals surface area contributed by atoms with Gasteiger partial charge in [-0.15, -0.1) is 0 Å². The summed E-state index contributed by atoms with van der Waals surface area (Å²) in [6.45, 7) is 0.788. The van der Waals surface area contributed by atoms with Gasteiger partial charge >= 0.3 is 6.18 Å². The molecule has 1 aliphatic heterocycles. The quantitative estimate of drug-likeness (QED) is 0.828. The summed E-state index contributed by atoms with van der Waals surface area (Å²) in [5.41, 5.74) is 0.976. The second-order valence-electron chi connectivity index (χ2n) is 6.35. The molecule has 2 N–H and O–H groups in total. The first-order valence-electron chi connectivity index (χ1n) is 8.34. The number of fused-ring (bicyclic) bond motifs is 1. The average Bonchev–Trinajstić information content (AvgIpc) is 3.04. The summed E-state index contributed by atoms with van der Waals surface area (Å²) in [5.74, 6) is 0.932. The van der Waals surface area contributed by atoms with E-state index in [1.165, 1.54) is 6.92 Å². The van der Waals surface area contributed by atoms with Crippen LogP contribution in [-0.4, -0.2) is 58.1 Å². The van der Waals surface area contributed by atoms with Crippen molar-refractivity contribution in [2.45, 2.75) is 25.1 Å². The lowest BCUT2D eigenvalue weighted by molar-refractivity contribution is -0.158. The number of carbonyl (C=O) groups excluding carboxylic acids is 1. The Morgan fingerprint density at radius 1 is 1.37 bits per heavy atom. The molecule has 0 spiro atoms. The third kappa shape index (κ3) is 4.44. The maximum absolute atomic E-state index is 12.5. The molecule has 2 aromatic heterocycles. The van der Waals surface area contributed by atoms with Gasteiger partial charge in [0.15, 0.2) is 0 Å². The number of nitrogens with zero attached hydrogens (tertiary/aromatic N) is 4. The Morgan fingerprint density at radius 2 is 2.15 bits per heavy atom. The van der Waals surface area contributed by atoms with Gasteiger partial charge in [0.1, 0.15) is 30.0 Å². The van der Waals surface area contributed by atoms with Crippen molar-refractivity contribution in [2.75, 3.05) is 30.8 Å². The van der Waals surface area contributed by atoms with Gasteiger partial charge in [0.2, 0.25) is 5.91 Å². The number of carbonyl (C=O) groups is 1. The molecule has 144 valence electrons. The average molecular weight is 380 g/mol. The summed E-state index contributed by atoms with van der Waals surface area (Å²) in [6.07, 6.45) is -1.20. The lowest BCUT2D eigenvalue weighted by atomic mass is 10.0. The number of aromatic nitrogens is 3. The fourth-order valence-electron chi connectivity index (χ4n) is 2.97. The van der Waals surface area contributed by atoms with Crippen molar-refractivity contribution < 1.29 is 18.0 Å². The minimum absolute atomic E-state index is 0.0886. The van der Waals surface area contributed by atoms with Crippen LogP contribution in [-0.2, 0) is 4.79 Å². The first-order valence-corrected chi connectivity index (χ1v) is 8.34. The van der Waals surface area contributed by atoms with Crippen LogP contribution in [0.15, 0.2) is 30.6 Å². The van der Waals surface area contributed by atoms with Crippen LogP contribution in [0.2, 0.25) is 0 Å². The van der Waals surface area contributed by atoms with Gasteiger partial charge in [-0.25, -0.2) is 15.0 Å². The molecule has 0 bridgehead atoms. The number of rotatable bonds is 5. The van der Waals surface area contributed by atoms with Crippen molar-refractivity contribution in [2.24, 2.45) is 0 Å². The SMILES string of the molecule is C[C@@H](Nc1ccnc(C2CNc3ncccc32)n1)C(=O)N(C)CC(F)(F)F. The number of anilines is 2. The van der Waals surface area contributed by atoms with Gasteiger partial charge in [-0.2, -0.15) is 13.2 Å². The lowest BCUT2D eigenvalue weighted by Gasteiger charge is -2.23. The smallest absolute Gasteiger partial charge is 0.369 e. The minimum Gasteiger partial charge on any atom is -0.369 e. The molecular weight excluding hydrogens is 361 g/mol. The Balaban J connectivity index is 1.70. The molecule has 0 aliphatic carbocycles. The van der Waals surface area contributed by atoms with E-state index in [4.69, 9.17) is 0 Å². The van der Waals surface area contributed by atoms with Gasteiger partial charge in [-0.05, 0) is 19.1 Å². The zero-order valence-corrected chi connectivity index (χ0v) is 14.8. The van der Waals surface area contributed by atoms with Gasteiger partial charge in [0.25, 0.3) is 0 Å². The molecule has 27 heavy (non-hydrogen) atoms. The van der Waals surface area contributed by atoms with Gasteiger partial charge in [0.05, 0.1) is 5.92 Å². The van der Waals surface area contributed by atoms with Crippen molar-refractivity contribution in [3.8, 4) is 0 Å². The summed E-state index contributed by atoms with van der Waals surface area (Å²) in [6, 6.07) is 4.48. The van der Waals surface area contributed by atoms with E-state index in [-0.39, 0.29) is 5.92 Å². The fourth-order valence-corrected chi connectivity index (χ4v) is 2.97. The molecule has 10 heteroatoms. The number of hydrogen-bond acceptors (Lipinski definition) is 6. The predicted molar refractivity (Wildman–Crippen MR) is 93.4 cm³/mol.